The van der Waals surface area contributed by atoms with Gasteiger partial charge in [0.1, 0.15) is 0 Å². The Bertz CT molecular complexity index is 553. The number of unbranched alkanes of at least 4 members (excludes halogenated alkanes) is 14. The zero-order chi connectivity index (χ0) is 27.1. The van der Waals surface area contributed by atoms with Crippen molar-refractivity contribution in [1.29, 1.82) is 0 Å². The largest absolute Gasteiger partial charge is 0.330 e. The number of rotatable bonds is 32. The van der Waals surface area contributed by atoms with Crippen molar-refractivity contribution in [2.24, 2.45) is 5.73 Å². The first-order valence-corrected chi connectivity index (χ1v) is 17.6. The number of hydrogen-bond donors (Lipinski definition) is 5. The predicted octanol–water partition coefficient (Wildman–Crippen LogP) is 6.75. The molecule has 0 aliphatic carbocycles. The van der Waals surface area contributed by atoms with Crippen LogP contribution in [0.2, 0.25) is 0 Å². The molecule has 0 saturated carbocycles. The van der Waals surface area contributed by atoms with E-state index >= 15 is 0 Å². The molecule has 0 aromatic carbocycles. The Morgan fingerprint density at radius 3 is 1.20 bits per heavy atom. The summed E-state index contributed by atoms with van der Waals surface area (Å²) in [6.07, 6.45) is 23.4. The van der Waals surface area contributed by atoms with Crippen LogP contribution in [0.3, 0.4) is 0 Å². The van der Waals surface area contributed by atoms with E-state index in [1.807, 2.05) is 0 Å². The summed E-state index contributed by atoms with van der Waals surface area (Å²) in [6.45, 7) is 9.59. The van der Waals surface area contributed by atoms with Gasteiger partial charge in [-0.2, -0.15) is 0 Å². The zero-order valence-corrected chi connectivity index (χ0v) is 30.3. The molecule has 0 aliphatic heterocycles. The van der Waals surface area contributed by atoms with Crippen molar-refractivity contribution in [1.82, 2.24) is 20.7 Å². The molecule has 0 aromatic rings. The van der Waals surface area contributed by atoms with E-state index in [1.165, 1.54) is 83.5 Å². The molecule has 0 bridgehead atoms. The first-order chi connectivity index (χ1) is 18.1. The van der Waals surface area contributed by atoms with Gasteiger partial charge in [0.15, 0.2) is 0 Å². The quantitative estimate of drug-likeness (QED) is 0.0499. The van der Waals surface area contributed by atoms with Crippen LogP contribution in [0.25, 0.3) is 0 Å². The molecular weight excluding hydrogens is 624 g/mol. The van der Waals surface area contributed by atoms with Crippen LogP contribution < -0.4 is 26.4 Å². The molecule has 0 saturated heterocycles. The van der Waals surface area contributed by atoms with E-state index in [2.05, 4.69) is 27.6 Å². The fraction of sp³-hybridized carbons (Fsp3) is 1.00. The monoisotopic (exact) mass is 691 g/mol. The van der Waals surface area contributed by atoms with Crippen LogP contribution in [0, 0.1) is 0 Å². The first kappa shape index (κ1) is 51.5. The highest BCUT2D eigenvalue weighted by molar-refractivity contribution is 7.89. The standard InChI is InChI=1S/C29H65N5O2S.4ClH/c1-2-3-4-5-6-7-8-9-10-11-12-13-14-17-29-37(35,36)34-28-20-27-33-26-19-25-32-23-16-15-22-31-24-18-21-30;;;;/h31-34H,2-30H2,1H3;4*1H. The van der Waals surface area contributed by atoms with Gasteiger partial charge in [-0.25, -0.2) is 13.1 Å². The van der Waals surface area contributed by atoms with Crippen LogP contribution in [-0.4, -0.2) is 66.5 Å². The summed E-state index contributed by atoms with van der Waals surface area (Å²) in [4.78, 5) is 0. The third-order valence-electron chi connectivity index (χ3n) is 6.84. The van der Waals surface area contributed by atoms with Gasteiger partial charge in [-0.15, -0.1) is 49.6 Å². The van der Waals surface area contributed by atoms with E-state index in [1.54, 1.807) is 0 Å². The van der Waals surface area contributed by atoms with Gasteiger partial charge in [0.05, 0.1) is 5.75 Å². The Morgan fingerprint density at radius 1 is 0.439 bits per heavy atom. The van der Waals surface area contributed by atoms with Gasteiger partial charge < -0.3 is 21.7 Å². The lowest BCUT2D eigenvalue weighted by atomic mass is 10.0. The molecule has 0 atom stereocenters. The molecule has 0 radical (unpaired) electrons. The third kappa shape index (κ3) is 45.5. The molecule has 0 aliphatic rings. The van der Waals surface area contributed by atoms with Crippen molar-refractivity contribution in [3.05, 3.63) is 0 Å². The second-order valence-electron chi connectivity index (χ2n) is 10.6. The molecule has 0 spiro atoms. The maximum Gasteiger partial charge on any atom is 0.211 e. The van der Waals surface area contributed by atoms with E-state index in [-0.39, 0.29) is 55.4 Å². The van der Waals surface area contributed by atoms with Crippen molar-refractivity contribution in [3.63, 3.8) is 0 Å². The van der Waals surface area contributed by atoms with Crippen molar-refractivity contribution in [2.75, 3.05) is 58.1 Å². The van der Waals surface area contributed by atoms with Gasteiger partial charge in [-0.05, 0) is 84.3 Å². The highest BCUT2D eigenvalue weighted by atomic mass is 35.5. The van der Waals surface area contributed by atoms with E-state index in [0.29, 0.717) is 6.54 Å². The van der Waals surface area contributed by atoms with Crippen LogP contribution in [0.15, 0.2) is 0 Å². The van der Waals surface area contributed by atoms with Crippen LogP contribution in [0.5, 0.6) is 0 Å². The summed E-state index contributed by atoms with van der Waals surface area (Å²) in [5, 5.41) is 10.3. The van der Waals surface area contributed by atoms with Crippen LogP contribution in [0.4, 0.5) is 0 Å². The molecule has 7 nitrogen and oxygen atoms in total. The van der Waals surface area contributed by atoms with Gasteiger partial charge >= 0.3 is 0 Å². The van der Waals surface area contributed by atoms with E-state index in [9.17, 15) is 8.42 Å². The van der Waals surface area contributed by atoms with Crippen LogP contribution in [0.1, 0.15) is 129 Å². The normalized spacial score (nSPS) is 10.8. The average Bonchev–Trinajstić information content (AvgIpc) is 2.88. The minimum absolute atomic E-state index is 0. The van der Waals surface area contributed by atoms with Crippen LogP contribution in [-0.2, 0) is 10.0 Å². The van der Waals surface area contributed by atoms with Crippen molar-refractivity contribution in [3.8, 4) is 0 Å². The molecule has 0 rings (SSSR count). The second kappa shape index (κ2) is 43.0. The second-order valence-corrected chi connectivity index (χ2v) is 12.5. The Morgan fingerprint density at radius 2 is 0.780 bits per heavy atom. The number of halogens is 4. The van der Waals surface area contributed by atoms with E-state index < -0.39 is 10.0 Å². The Labute approximate surface area is 280 Å². The summed E-state index contributed by atoms with van der Waals surface area (Å²) >= 11 is 0. The summed E-state index contributed by atoms with van der Waals surface area (Å²) in [5.41, 5.74) is 5.47. The molecule has 12 heteroatoms. The number of nitrogens with one attached hydrogen (secondary N) is 4. The SMILES string of the molecule is CCCCCCCCCCCCCCCCS(=O)(=O)NCCCNCCCNCCCCNCCCN.Cl.Cl.Cl.Cl. The average molecular weight is 694 g/mol. The predicted molar refractivity (Wildman–Crippen MR) is 192 cm³/mol. The molecule has 41 heavy (non-hydrogen) atoms. The molecule has 0 fully saturated rings. The molecule has 6 N–H and O–H groups in total. The fourth-order valence-electron chi connectivity index (χ4n) is 4.44. The third-order valence-corrected chi connectivity index (χ3v) is 8.31. The van der Waals surface area contributed by atoms with Gasteiger partial charge in [-0.3, -0.25) is 0 Å². The van der Waals surface area contributed by atoms with E-state index in [4.69, 9.17) is 5.73 Å². The summed E-state index contributed by atoms with van der Waals surface area (Å²) in [7, 11) is -3.12. The summed E-state index contributed by atoms with van der Waals surface area (Å²) in [5.74, 6) is 0.272. The molecule has 256 valence electrons. The minimum atomic E-state index is -3.12. The zero-order valence-electron chi connectivity index (χ0n) is 26.2. The van der Waals surface area contributed by atoms with Crippen molar-refractivity contribution >= 4 is 59.7 Å². The van der Waals surface area contributed by atoms with Gasteiger partial charge in [0.25, 0.3) is 0 Å². The molecule has 0 aromatic heterocycles. The number of sulfonamides is 1. The lowest BCUT2D eigenvalue weighted by molar-refractivity contribution is 0.535. The van der Waals surface area contributed by atoms with Gasteiger partial charge in [0, 0.05) is 6.54 Å². The van der Waals surface area contributed by atoms with E-state index in [0.717, 1.165) is 84.3 Å². The van der Waals surface area contributed by atoms with Gasteiger partial charge in [-0.1, -0.05) is 90.4 Å². The van der Waals surface area contributed by atoms with Crippen molar-refractivity contribution < 1.29 is 8.42 Å². The first-order valence-electron chi connectivity index (χ1n) is 15.9. The highest BCUT2D eigenvalue weighted by Crippen LogP contribution is 2.13. The lowest BCUT2D eigenvalue weighted by Gasteiger charge is -2.08. The fourth-order valence-corrected chi connectivity index (χ4v) is 5.62. The van der Waals surface area contributed by atoms with Crippen LogP contribution >= 0.6 is 49.6 Å². The maximum absolute atomic E-state index is 12.1. The molecule has 0 amide bonds. The lowest BCUT2D eigenvalue weighted by Crippen LogP contribution is -2.30. The Kier molecular flexibility index (Phi) is 54.0. The smallest absolute Gasteiger partial charge is 0.211 e. The topological polar surface area (TPSA) is 108 Å². The summed E-state index contributed by atoms with van der Waals surface area (Å²) < 4.78 is 27.1. The van der Waals surface area contributed by atoms with Crippen molar-refractivity contribution in [2.45, 2.75) is 129 Å². The Hall–Kier alpha value is 0.910. The molecule has 0 heterocycles. The molecular formula is C29H69Cl4N5O2S. The number of hydrogen-bond acceptors (Lipinski definition) is 6. The Balaban J connectivity index is -0.00000108. The minimum Gasteiger partial charge on any atom is -0.330 e. The highest BCUT2D eigenvalue weighted by Gasteiger charge is 2.08. The summed E-state index contributed by atoms with van der Waals surface area (Å²) in [6, 6.07) is 0. The number of nitrogens with two attached hydrogens (primary N) is 1. The maximum atomic E-state index is 12.1. The molecule has 0 unspecified atom stereocenters. The van der Waals surface area contributed by atoms with Gasteiger partial charge in [0.2, 0.25) is 10.0 Å².